The van der Waals surface area contributed by atoms with Gasteiger partial charge in [-0.1, -0.05) is 53.5 Å². The molecule has 2 aliphatic heterocycles. The number of carbonyl (C=O) groups excluding carboxylic acids is 1. The van der Waals surface area contributed by atoms with E-state index >= 15 is 0 Å². The summed E-state index contributed by atoms with van der Waals surface area (Å²) >= 11 is 12.7. The number of carbonyl (C=O) groups is 1. The number of sulfonamides is 1. The summed E-state index contributed by atoms with van der Waals surface area (Å²) in [6, 6.07) is 19.7. The molecule has 1 amide bonds. The first-order valence-electron chi connectivity index (χ1n) is 13.6. The summed E-state index contributed by atoms with van der Waals surface area (Å²) in [7, 11) is -3.24. The van der Waals surface area contributed by atoms with Crippen LogP contribution in [0.15, 0.2) is 71.5 Å². The van der Waals surface area contributed by atoms with Gasteiger partial charge in [-0.2, -0.15) is 0 Å². The minimum absolute atomic E-state index is 0.0142. The second kappa shape index (κ2) is 12.1. The van der Waals surface area contributed by atoms with Crippen molar-refractivity contribution >= 4 is 39.1 Å². The van der Waals surface area contributed by atoms with Crippen molar-refractivity contribution in [2.75, 3.05) is 18.8 Å². The van der Waals surface area contributed by atoms with Gasteiger partial charge in [-0.25, -0.2) is 12.7 Å². The van der Waals surface area contributed by atoms with Crippen LogP contribution >= 0.6 is 23.2 Å². The molecule has 2 fully saturated rings. The van der Waals surface area contributed by atoms with E-state index in [9.17, 15) is 18.0 Å². The topological polar surface area (TPSA) is 90.6 Å². The molecule has 0 radical (unpaired) electrons. The van der Waals surface area contributed by atoms with E-state index in [1.807, 2.05) is 66.4 Å². The van der Waals surface area contributed by atoms with Crippen molar-refractivity contribution < 1.29 is 13.2 Å². The maximum Gasteiger partial charge on any atom is 0.248 e. The highest BCUT2D eigenvalue weighted by Crippen LogP contribution is 2.47. The van der Waals surface area contributed by atoms with Gasteiger partial charge in [-0.05, 0) is 74.1 Å². The van der Waals surface area contributed by atoms with E-state index in [4.69, 9.17) is 23.2 Å². The molecule has 3 heterocycles. The highest BCUT2D eigenvalue weighted by atomic mass is 35.5. The van der Waals surface area contributed by atoms with Crippen molar-refractivity contribution in [2.45, 2.75) is 50.6 Å². The molecule has 0 saturated carbocycles. The Morgan fingerprint density at radius 1 is 0.975 bits per heavy atom. The summed E-state index contributed by atoms with van der Waals surface area (Å²) in [4.78, 5) is 31.1. The van der Waals surface area contributed by atoms with Crippen molar-refractivity contribution in [3.63, 3.8) is 0 Å². The highest BCUT2D eigenvalue weighted by molar-refractivity contribution is 7.89. The van der Waals surface area contributed by atoms with Gasteiger partial charge in [0.05, 0.1) is 11.8 Å². The third-order valence-electron chi connectivity index (χ3n) is 8.08. The zero-order chi connectivity index (χ0) is 28.4. The number of aromatic nitrogens is 1. The molecule has 5 rings (SSSR count). The number of hydrogen-bond donors (Lipinski definition) is 1. The molecule has 3 aromatic rings. The Balaban J connectivity index is 1.55. The van der Waals surface area contributed by atoms with Crippen LogP contribution in [0.2, 0.25) is 10.0 Å². The summed E-state index contributed by atoms with van der Waals surface area (Å²) in [6.45, 7) is 2.86. The Hall–Kier alpha value is -2.65. The van der Waals surface area contributed by atoms with Crippen molar-refractivity contribution in [3.05, 3.63) is 104 Å². The molecule has 10 heteroatoms. The Labute approximate surface area is 245 Å². The standard InChI is InChI=1S/C30H33Cl2N3O4S/c1-20(13-15-34-14-4-16-40(34,38)39)35-29(21-9-11-24(31)12-10-21)27(22-5-2-6-25(32)17-22)19-23(30(35)37)18-26-7-3-8-28(36)33-26/h2-3,5-12,17,20,23,27,29H,4,13-16,18-19H2,1H3,(H,33,36)/t20-,23+,27+,29+/m0/s1. The molecule has 0 spiro atoms. The fourth-order valence-corrected chi connectivity index (χ4v) is 8.01. The minimum atomic E-state index is -3.24. The van der Waals surface area contributed by atoms with Crippen LogP contribution < -0.4 is 5.56 Å². The molecule has 7 nitrogen and oxygen atoms in total. The number of pyridine rings is 1. The first-order chi connectivity index (χ1) is 19.1. The molecule has 0 unspecified atom stereocenters. The Kier molecular flexibility index (Phi) is 8.71. The largest absolute Gasteiger partial charge is 0.332 e. The average Bonchev–Trinajstić information content (AvgIpc) is 3.26. The second-order valence-electron chi connectivity index (χ2n) is 10.8. The molecule has 2 saturated heterocycles. The predicted molar refractivity (Wildman–Crippen MR) is 158 cm³/mol. The van der Waals surface area contributed by atoms with Crippen LogP contribution in [-0.4, -0.2) is 53.4 Å². The molecule has 0 aliphatic carbocycles. The van der Waals surface area contributed by atoms with Gasteiger partial charge in [-0.15, -0.1) is 0 Å². The van der Waals surface area contributed by atoms with Gasteiger partial charge in [-0.3, -0.25) is 9.59 Å². The molecule has 2 aliphatic rings. The number of benzene rings is 2. The molecule has 0 bridgehead atoms. The third-order valence-corrected chi connectivity index (χ3v) is 10.5. The van der Waals surface area contributed by atoms with Crippen LogP contribution in [0.5, 0.6) is 0 Å². The Bertz CT molecular complexity index is 1530. The van der Waals surface area contributed by atoms with E-state index in [2.05, 4.69) is 4.98 Å². The lowest BCUT2D eigenvalue weighted by atomic mass is 9.74. The Morgan fingerprint density at radius 2 is 1.73 bits per heavy atom. The fourth-order valence-electron chi connectivity index (χ4n) is 6.14. The lowest BCUT2D eigenvalue weighted by Crippen LogP contribution is -2.52. The van der Waals surface area contributed by atoms with Gasteiger partial charge in [0.2, 0.25) is 21.5 Å². The third kappa shape index (κ3) is 6.30. The maximum absolute atomic E-state index is 14.3. The van der Waals surface area contributed by atoms with Crippen LogP contribution in [0.1, 0.15) is 55.0 Å². The van der Waals surface area contributed by atoms with Gasteiger partial charge in [0, 0.05) is 52.8 Å². The predicted octanol–water partition coefficient (Wildman–Crippen LogP) is 5.41. The zero-order valence-electron chi connectivity index (χ0n) is 22.3. The summed E-state index contributed by atoms with van der Waals surface area (Å²) in [5.41, 5.74) is 2.47. The normalized spacial score (nSPS) is 23.8. The Morgan fingerprint density at radius 3 is 2.40 bits per heavy atom. The van der Waals surface area contributed by atoms with Crippen LogP contribution in [-0.2, 0) is 21.2 Å². The quantitative estimate of drug-likeness (QED) is 0.373. The number of piperidine rings is 1. The van der Waals surface area contributed by atoms with Gasteiger partial charge in [0.1, 0.15) is 0 Å². The second-order valence-corrected chi connectivity index (χ2v) is 13.7. The zero-order valence-corrected chi connectivity index (χ0v) is 24.6. The number of H-pyrrole nitrogens is 1. The number of hydrogen-bond acceptors (Lipinski definition) is 4. The smallest absolute Gasteiger partial charge is 0.248 e. The van der Waals surface area contributed by atoms with Crippen LogP contribution in [0.25, 0.3) is 0 Å². The van der Waals surface area contributed by atoms with E-state index in [0.29, 0.717) is 54.5 Å². The fraction of sp³-hybridized carbons (Fsp3) is 0.400. The molecule has 1 aromatic heterocycles. The number of nitrogens with one attached hydrogen (secondary N) is 1. The van der Waals surface area contributed by atoms with Crippen molar-refractivity contribution in [1.82, 2.24) is 14.2 Å². The number of nitrogens with zero attached hydrogens (tertiary/aromatic N) is 2. The molecule has 2 aromatic carbocycles. The van der Waals surface area contributed by atoms with Gasteiger partial charge in [0.25, 0.3) is 0 Å². The number of likely N-dealkylation sites (tertiary alicyclic amines) is 1. The van der Waals surface area contributed by atoms with E-state index < -0.39 is 10.0 Å². The van der Waals surface area contributed by atoms with Gasteiger partial charge >= 0.3 is 0 Å². The van der Waals surface area contributed by atoms with E-state index in [0.717, 1.165) is 11.1 Å². The van der Waals surface area contributed by atoms with Crippen molar-refractivity contribution in [3.8, 4) is 0 Å². The molecular weight excluding hydrogens is 569 g/mol. The highest BCUT2D eigenvalue weighted by Gasteiger charge is 2.45. The summed E-state index contributed by atoms with van der Waals surface area (Å²) in [5.74, 6) is -0.315. The minimum Gasteiger partial charge on any atom is -0.332 e. The number of halogens is 2. The van der Waals surface area contributed by atoms with Crippen LogP contribution in [0, 0.1) is 5.92 Å². The number of aromatic amines is 1. The lowest BCUT2D eigenvalue weighted by molar-refractivity contribution is -0.146. The lowest BCUT2D eigenvalue weighted by Gasteiger charge is -2.48. The molecule has 212 valence electrons. The SMILES string of the molecule is C[C@@H](CCN1CCCS1(=O)=O)N1C(=O)[C@H](Cc2cccc(=O)[nH]2)C[C@H](c2cccc(Cl)c2)[C@H]1c1ccc(Cl)cc1. The molecule has 40 heavy (non-hydrogen) atoms. The van der Waals surface area contributed by atoms with E-state index in [1.54, 1.807) is 6.07 Å². The number of amides is 1. The first-order valence-corrected chi connectivity index (χ1v) is 16.0. The summed E-state index contributed by atoms with van der Waals surface area (Å²) in [6.07, 6.45) is 2.09. The number of rotatable bonds is 8. The maximum atomic E-state index is 14.3. The molecular formula is C30H33Cl2N3O4S. The van der Waals surface area contributed by atoms with Crippen LogP contribution in [0.4, 0.5) is 0 Å². The molecule has 1 N–H and O–H groups in total. The van der Waals surface area contributed by atoms with E-state index in [-0.39, 0.29) is 41.1 Å². The van der Waals surface area contributed by atoms with Gasteiger partial charge < -0.3 is 9.88 Å². The van der Waals surface area contributed by atoms with Crippen molar-refractivity contribution in [1.29, 1.82) is 0 Å². The van der Waals surface area contributed by atoms with Gasteiger partial charge in [0.15, 0.2) is 0 Å². The molecule has 4 atom stereocenters. The van der Waals surface area contributed by atoms with Crippen molar-refractivity contribution in [2.24, 2.45) is 5.92 Å². The average molecular weight is 603 g/mol. The summed E-state index contributed by atoms with van der Waals surface area (Å²) < 4.78 is 26.5. The monoisotopic (exact) mass is 601 g/mol. The first kappa shape index (κ1) is 28.9. The van der Waals surface area contributed by atoms with E-state index in [1.165, 1.54) is 10.4 Å². The summed E-state index contributed by atoms with van der Waals surface area (Å²) in [5, 5.41) is 1.22. The van der Waals surface area contributed by atoms with Crippen LogP contribution in [0.3, 0.4) is 0 Å².